The van der Waals surface area contributed by atoms with Crippen LogP contribution in [-0.4, -0.2) is 24.4 Å². The van der Waals surface area contributed by atoms with Gasteiger partial charge in [-0.3, -0.25) is 9.59 Å². The molecule has 1 aromatic rings. The van der Waals surface area contributed by atoms with Crippen molar-refractivity contribution in [3.63, 3.8) is 0 Å². The second-order valence-electron chi connectivity index (χ2n) is 4.73. The van der Waals surface area contributed by atoms with Gasteiger partial charge in [-0.25, -0.2) is 4.39 Å². The predicted molar refractivity (Wildman–Crippen MR) is 78.7 cm³/mol. The number of carbonyl (C=O) groups is 2. The van der Waals surface area contributed by atoms with Gasteiger partial charge < -0.3 is 10.6 Å². The van der Waals surface area contributed by atoms with Crippen molar-refractivity contribution in [2.45, 2.75) is 32.7 Å². The Morgan fingerprint density at radius 3 is 2.60 bits per heavy atom. The predicted octanol–water partition coefficient (Wildman–Crippen LogP) is 2.16. The fourth-order valence-electron chi connectivity index (χ4n) is 1.61. The number of carbonyl (C=O) groups excluding carboxylic acids is 2. The monoisotopic (exact) mass is 344 g/mol. The minimum absolute atomic E-state index is 0.0382. The zero-order chi connectivity index (χ0) is 15.1. The second kappa shape index (κ2) is 7.99. The molecule has 0 unspecified atom stereocenters. The summed E-state index contributed by atoms with van der Waals surface area (Å²) in [6.07, 6.45) is 0.449. The molecule has 1 aromatic carbocycles. The molecular formula is C14H18BrFN2O2. The van der Waals surface area contributed by atoms with E-state index in [0.29, 0.717) is 16.5 Å². The molecule has 20 heavy (non-hydrogen) atoms. The van der Waals surface area contributed by atoms with Gasteiger partial charge >= 0.3 is 0 Å². The summed E-state index contributed by atoms with van der Waals surface area (Å²) >= 11 is 3.17. The van der Waals surface area contributed by atoms with E-state index in [9.17, 15) is 14.0 Å². The normalized spacial score (nSPS) is 10.4. The summed E-state index contributed by atoms with van der Waals surface area (Å²) < 4.78 is 14.2. The maximum Gasteiger partial charge on any atom is 0.239 e. The van der Waals surface area contributed by atoms with E-state index in [1.807, 2.05) is 13.8 Å². The van der Waals surface area contributed by atoms with E-state index in [4.69, 9.17) is 0 Å². The Morgan fingerprint density at radius 1 is 1.30 bits per heavy atom. The van der Waals surface area contributed by atoms with Crippen LogP contribution in [-0.2, 0) is 16.0 Å². The van der Waals surface area contributed by atoms with Gasteiger partial charge in [-0.2, -0.15) is 0 Å². The second-order valence-corrected chi connectivity index (χ2v) is 5.65. The van der Waals surface area contributed by atoms with Crippen molar-refractivity contribution in [1.29, 1.82) is 0 Å². The summed E-state index contributed by atoms with van der Waals surface area (Å²) in [4.78, 5) is 22.9. The summed E-state index contributed by atoms with van der Waals surface area (Å²) in [5.74, 6) is -0.848. The van der Waals surface area contributed by atoms with Crippen molar-refractivity contribution in [2.24, 2.45) is 0 Å². The SMILES string of the molecule is CC(C)NC(=O)CNC(=O)CCc1ccc(Br)cc1F. The van der Waals surface area contributed by atoms with Crippen LogP contribution >= 0.6 is 15.9 Å². The molecule has 2 amide bonds. The molecule has 6 heteroatoms. The van der Waals surface area contributed by atoms with Gasteiger partial charge in [-0.15, -0.1) is 0 Å². The first-order valence-corrected chi connectivity index (χ1v) is 7.17. The van der Waals surface area contributed by atoms with Crippen LogP contribution < -0.4 is 10.6 Å². The van der Waals surface area contributed by atoms with Crippen LogP contribution in [0.5, 0.6) is 0 Å². The molecule has 0 bridgehead atoms. The van der Waals surface area contributed by atoms with Gasteiger partial charge in [0.15, 0.2) is 0 Å². The molecule has 0 aromatic heterocycles. The number of halogens is 2. The highest BCUT2D eigenvalue weighted by Gasteiger charge is 2.09. The largest absolute Gasteiger partial charge is 0.352 e. The zero-order valence-electron chi connectivity index (χ0n) is 11.5. The van der Waals surface area contributed by atoms with Crippen LogP contribution in [0, 0.1) is 5.82 Å². The summed E-state index contributed by atoms with van der Waals surface area (Å²) in [7, 11) is 0. The quantitative estimate of drug-likeness (QED) is 0.830. The minimum Gasteiger partial charge on any atom is -0.352 e. The van der Waals surface area contributed by atoms with Gasteiger partial charge in [0.2, 0.25) is 11.8 Å². The average Bonchev–Trinajstić information content (AvgIpc) is 2.34. The lowest BCUT2D eigenvalue weighted by Crippen LogP contribution is -2.39. The Balaban J connectivity index is 2.34. The van der Waals surface area contributed by atoms with E-state index >= 15 is 0 Å². The Morgan fingerprint density at radius 2 is 2.00 bits per heavy atom. The topological polar surface area (TPSA) is 58.2 Å². The molecule has 1 rings (SSSR count). The number of hydrogen-bond donors (Lipinski definition) is 2. The standard InChI is InChI=1S/C14H18BrFN2O2/c1-9(2)18-14(20)8-17-13(19)6-4-10-3-5-11(15)7-12(10)16/h3,5,7,9H,4,6,8H2,1-2H3,(H,17,19)(H,18,20). The highest BCUT2D eigenvalue weighted by Crippen LogP contribution is 2.16. The maximum absolute atomic E-state index is 13.5. The molecule has 4 nitrogen and oxygen atoms in total. The Kier molecular flexibility index (Phi) is 6.64. The minimum atomic E-state index is -0.343. The molecule has 0 radical (unpaired) electrons. The molecular weight excluding hydrogens is 327 g/mol. The fourth-order valence-corrected chi connectivity index (χ4v) is 1.95. The third-order valence-electron chi connectivity index (χ3n) is 2.53. The van der Waals surface area contributed by atoms with Gasteiger partial charge in [0.05, 0.1) is 6.54 Å². The Labute approximate surface area is 126 Å². The van der Waals surface area contributed by atoms with E-state index < -0.39 is 0 Å². The first kappa shape index (κ1) is 16.6. The van der Waals surface area contributed by atoms with Gasteiger partial charge in [0.1, 0.15) is 5.82 Å². The van der Waals surface area contributed by atoms with Crippen LogP contribution in [0.1, 0.15) is 25.8 Å². The number of aryl methyl sites for hydroxylation is 1. The maximum atomic E-state index is 13.5. The van der Waals surface area contributed by atoms with E-state index in [0.717, 1.165) is 0 Å². The lowest BCUT2D eigenvalue weighted by molar-refractivity contribution is -0.126. The first-order chi connectivity index (χ1) is 9.38. The van der Waals surface area contributed by atoms with Crippen molar-refractivity contribution >= 4 is 27.7 Å². The molecule has 0 saturated carbocycles. The third-order valence-corrected chi connectivity index (χ3v) is 3.03. The molecule has 0 aliphatic carbocycles. The van der Waals surface area contributed by atoms with Crippen LogP contribution in [0.3, 0.4) is 0 Å². The van der Waals surface area contributed by atoms with Crippen molar-refractivity contribution < 1.29 is 14.0 Å². The van der Waals surface area contributed by atoms with Gasteiger partial charge in [0, 0.05) is 16.9 Å². The van der Waals surface area contributed by atoms with Crippen molar-refractivity contribution in [3.05, 3.63) is 34.1 Å². The van der Waals surface area contributed by atoms with E-state index in [1.54, 1.807) is 12.1 Å². The molecule has 0 atom stereocenters. The number of benzene rings is 1. The zero-order valence-corrected chi connectivity index (χ0v) is 13.1. The van der Waals surface area contributed by atoms with Crippen molar-refractivity contribution in [1.82, 2.24) is 10.6 Å². The van der Waals surface area contributed by atoms with E-state index in [2.05, 4.69) is 26.6 Å². The smallest absolute Gasteiger partial charge is 0.239 e. The van der Waals surface area contributed by atoms with E-state index in [1.165, 1.54) is 6.07 Å². The van der Waals surface area contributed by atoms with Crippen LogP contribution in [0.15, 0.2) is 22.7 Å². The number of rotatable bonds is 6. The third kappa shape index (κ3) is 6.14. The summed E-state index contributed by atoms with van der Waals surface area (Å²) in [5.41, 5.74) is 0.481. The van der Waals surface area contributed by atoms with Crippen LogP contribution in [0.4, 0.5) is 4.39 Å². The fraction of sp³-hybridized carbons (Fsp3) is 0.429. The van der Waals surface area contributed by atoms with Crippen molar-refractivity contribution in [2.75, 3.05) is 6.54 Å². The van der Waals surface area contributed by atoms with Crippen LogP contribution in [0.2, 0.25) is 0 Å². The van der Waals surface area contributed by atoms with Gasteiger partial charge in [-0.05, 0) is 38.0 Å². The molecule has 0 fully saturated rings. The van der Waals surface area contributed by atoms with Crippen LogP contribution in [0.25, 0.3) is 0 Å². The molecule has 0 spiro atoms. The summed E-state index contributed by atoms with van der Waals surface area (Å²) in [5, 5.41) is 5.17. The molecule has 2 N–H and O–H groups in total. The highest BCUT2D eigenvalue weighted by atomic mass is 79.9. The lowest BCUT2D eigenvalue weighted by Gasteiger charge is -2.09. The number of nitrogens with one attached hydrogen (secondary N) is 2. The summed E-state index contributed by atoms with van der Waals surface area (Å²) in [6, 6.07) is 4.77. The van der Waals surface area contributed by atoms with E-state index in [-0.39, 0.29) is 36.6 Å². The molecule has 0 aliphatic heterocycles. The Hall–Kier alpha value is -1.43. The van der Waals surface area contributed by atoms with Gasteiger partial charge in [-0.1, -0.05) is 22.0 Å². The van der Waals surface area contributed by atoms with Crippen molar-refractivity contribution in [3.8, 4) is 0 Å². The lowest BCUT2D eigenvalue weighted by atomic mass is 10.1. The molecule has 0 heterocycles. The first-order valence-electron chi connectivity index (χ1n) is 6.38. The molecule has 110 valence electrons. The molecule has 0 saturated heterocycles. The summed E-state index contributed by atoms with van der Waals surface area (Å²) in [6.45, 7) is 3.63. The number of amides is 2. The number of hydrogen-bond acceptors (Lipinski definition) is 2. The Bertz CT molecular complexity index is 492. The van der Waals surface area contributed by atoms with Gasteiger partial charge in [0.25, 0.3) is 0 Å². The highest BCUT2D eigenvalue weighted by molar-refractivity contribution is 9.10. The molecule has 0 aliphatic rings. The average molecular weight is 345 g/mol.